The van der Waals surface area contributed by atoms with E-state index < -0.39 is 4.92 Å². The van der Waals surface area contributed by atoms with Crippen molar-refractivity contribution in [1.29, 1.82) is 0 Å². The van der Waals surface area contributed by atoms with Crippen LogP contribution in [0.15, 0.2) is 35.2 Å². The number of nitrogens with zero attached hydrogens (tertiary/aromatic N) is 3. The fourth-order valence-corrected chi connectivity index (χ4v) is 1.69. The quantitative estimate of drug-likeness (QED) is 0.642. The first-order valence-corrected chi connectivity index (χ1v) is 5.76. The summed E-state index contributed by atoms with van der Waals surface area (Å²) in [6.07, 6.45) is 2.82. The molecule has 2 aromatic rings. The molecule has 0 atom stereocenters. The molecule has 92 valence electrons. The SMILES string of the molecule is Cc1cccc([N+](=O)[O-])c1Oc1ncncc1Br. The number of rotatable bonds is 3. The van der Waals surface area contributed by atoms with Crippen LogP contribution in [-0.2, 0) is 0 Å². The second kappa shape index (κ2) is 5.09. The van der Waals surface area contributed by atoms with Crippen molar-refractivity contribution in [1.82, 2.24) is 9.97 Å². The number of benzene rings is 1. The number of para-hydroxylation sites is 1. The number of aryl methyl sites for hydroxylation is 1. The van der Waals surface area contributed by atoms with Gasteiger partial charge in [0.25, 0.3) is 0 Å². The van der Waals surface area contributed by atoms with Gasteiger partial charge in [0.2, 0.25) is 11.6 Å². The minimum Gasteiger partial charge on any atom is -0.430 e. The molecule has 0 spiro atoms. The topological polar surface area (TPSA) is 78.2 Å². The van der Waals surface area contributed by atoms with E-state index in [0.717, 1.165) is 0 Å². The summed E-state index contributed by atoms with van der Waals surface area (Å²) in [7, 11) is 0. The van der Waals surface area contributed by atoms with E-state index in [-0.39, 0.29) is 17.3 Å². The number of ether oxygens (including phenoxy) is 1. The summed E-state index contributed by atoms with van der Waals surface area (Å²) in [5.74, 6) is 0.421. The van der Waals surface area contributed by atoms with E-state index in [4.69, 9.17) is 4.74 Å². The zero-order valence-corrected chi connectivity index (χ0v) is 10.9. The fourth-order valence-electron chi connectivity index (χ4n) is 1.39. The van der Waals surface area contributed by atoms with Crippen LogP contribution in [0.2, 0.25) is 0 Å². The highest BCUT2D eigenvalue weighted by Crippen LogP contribution is 2.35. The van der Waals surface area contributed by atoms with Crippen molar-refractivity contribution in [3.8, 4) is 11.6 Å². The lowest BCUT2D eigenvalue weighted by Gasteiger charge is -2.08. The van der Waals surface area contributed by atoms with Gasteiger partial charge in [-0.2, -0.15) is 0 Å². The van der Waals surface area contributed by atoms with E-state index in [9.17, 15) is 10.1 Å². The van der Waals surface area contributed by atoms with Crippen LogP contribution in [0.5, 0.6) is 11.6 Å². The molecule has 0 radical (unpaired) electrons. The number of aromatic nitrogens is 2. The maximum absolute atomic E-state index is 10.9. The molecule has 0 aliphatic rings. The van der Waals surface area contributed by atoms with Gasteiger partial charge in [-0.15, -0.1) is 0 Å². The highest BCUT2D eigenvalue weighted by Gasteiger charge is 2.19. The van der Waals surface area contributed by atoms with Crippen molar-refractivity contribution in [2.75, 3.05) is 0 Å². The third kappa shape index (κ3) is 2.45. The van der Waals surface area contributed by atoms with Crippen molar-refractivity contribution >= 4 is 21.6 Å². The fraction of sp³-hybridized carbons (Fsp3) is 0.0909. The van der Waals surface area contributed by atoms with Crippen molar-refractivity contribution in [3.05, 3.63) is 50.9 Å². The van der Waals surface area contributed by atoms with Crippen LogP contribution >= 0.6 is 15.9 Å². The van der Waals surface area contributed by atoms with E-state index >= 15 is 0 Å². The van der Waals surface area contributed by atoms with E-state index in [1.165, 1.54) is 18.6 Å². The summed E-state index contributed by atoms with van der Waals surface area (Å²) in [6.45, 7) is 1.73. The van der Waals surface area contributed by atoms with Crippen LogP contribution < -0.4 is 4.74 Å². The molecule has 7 heteroatoms. The minimum absolute atomic E-state index is 0.0967. The molecule has 0 fully saturated rings. The van der Waals surface area contributed by atoms with E-state index in [1.54, 1.807) is 19.1 Å². The number of nitro groups is 1. The summed E-state index contributed by atoms with van der Waals surface area (Å²) in [5, 5.41) is 10.9. The van der Waals surface area contributed by atoms with Crippen molar-refractivity contribution in [2.45, 2.75) is 6.92 Å². The maximum Gasteiger partial charge on any atom is 0.311 e. The molecule has 18 heavy (non-hydrogen) atoms. The Bertz CT molecular complexity index is 604. The summed E-state index contributed by atoms with van der Waals surface area (Å²) in [5.41, 5.74) is 0.565. The number of hydrogen-bond acceptors (Lipinski definition) is 5. The Morgan fingerprint density at radius 3 is 2.89 bits per heavy atom. The van der Waals surface area contributed by atoms with Gasteiger partial charge in [-0.05, 0) is 28.4 Å². The van der Waals surface area contributed by atoms with Crippen LogP contribution in [0.4, 0.5) is 5.69 Å². The molecule has 0 aliphatic carbocycles. The van der Waals surface area contributed by atoms with Crippen molar-refractivity contribution < 1.29 is 9.66 Å². The van der Waals surface area contributed by atoms with E-state index in [0.29, 0.717) is 10.0 Å². The Labute approximate surface area is 111 Å². The van der Waals surface area contributed by atoms with Crippen LogP contribution in [0.3, 0.4) is 0 Å². The van der Waals surface area contributed by atoms with Gasteiger partial charge in [-0.25, -0.2) is 9.97 Å². The lowest BCUT2D eigenvalue weighted by molar-refractivity contribution is -0.385. The zero-order valence-electron chi connectivity index (χ0n) is 9.33. The molecule has 0 aliphatic heterocycles. The van der Waals surface area contributed by atoms with Crippen LogP contribution in [-0.4, -0.2) is 14.9 Å². The molecule has 0 unspecified atom stereocenters. The molecule has 1 heterocycles. The Morgan fingerprint density at radius 1 is 1.44 bits per heavy atom. The van der Waals surface area contributed by atoms with Gasteiger partial charge in [0.15, 0.2) is 0 Å². The lowest BCUT2D eigenvalue weighted by Crippen LogP contribution is -1.97. The summed E-state index contributed by atoms with van der Waals surface area (Å²) in [4.78, 5) is 18.1. The molecular formula is C11H8BrN3O3. The van der Waals surface area contributed by atoms with Gasteiger partial charge in [0.05, 0.1) is 9.40 Å². The first-order chi connectivity index (χ1) is 8.59. The van der Waals surface area contributed by atoms with Gasteiger partial charge in [0.1, 0.15) is 6.33 Å². The van der Waals surface area contributed by atoms with Gasteiger partial charge in [-0.1, -0.05) is 12.1 Å². The van der Waals surface area contributed by atoms with E-state index in [2.05, 4.69) is 25.9 Å². The summed E-state index contributed by atoms with van der Waals surface area (Å²) >= 11 is 3.22. The molecule has 0 bridgehead atoms. The third-order valence-electron chi connectivity index (χ3n) is 2.22. The van der Waals surface area contributed by atoms with Gasteiger partial charge >= 0.3 is 5.69 Å². The first kappa shape index (κ1) is 12.4. The standard InChI is InChI=1S/C11H8BrN3O3/c1-7-3-2-4-9(15(16)17)10(7)18-11-8(12)5-13-6-14-11/h2-6H,1H3. The highest BCUT2D eigenvalue weighted by atomic mass is 79.9. The smallest absolute Gasteiger partial charge is 0.311 e. The molecule has 1 aromatic carbocycles. The van der Waals surface area contributed by atoms with Crippen LogP contribution in [0.1, 0.15) is 5.56 Å². The predicted octanol–water partition coefficient (Wildman–Crippen LogP) is 3.25. The molecule has 1 aromatic heterocycles. The maximum atomic E-state index is 10.9. The Balaban J connectivity index is 2.46. The first-order valence-electron chi connectivity index (χ1n) is 4.97. The molecule has 2 rings (SSSR count). The minimum atomic E-state index is -0.489. The third-order valence-corrected chi connectivity index (χ3v) is 2.76. The predicted molar refractivity (Wildman–Crippen MR) is 67.6 cm³/mol. The number of nitro benzene ring substituents is 1. The molecule has 6 nitrogen and oxygen atoms in total. The summed E-state index contributed by atoms with van der Waals surface area (Å²) in [6, 6.07) is 4.73. The van der Waals surface area contributed by atoms with Gasteiger partial charge < -0.3 is 4.74 Å². The average molecular weight is 310 g/mol. The second-order valence-corrected chi connectivity index (χ2v) is 4.31. The average Bonchev–Trinajstić information content (AvgIpc) is 2.34. The van der Waals surface area contributed by atoms with Crippen LogP contribution in [0, 0.1) is 17.0 Å². The number of halogens is 1. The van der Waals surface area contributed by atoms with Gasteiger partial charge in [0, 0.05) is 12.3 Å². The lowest BCUT2D eigenvalue weighted by atomic mass is 10.2. The monoisotopic (exact) mass is 309 g/mol. The Morgan fingerprint density at radius 2 is 2.22 bits per heavy atom. The van der Waals surface area contributed by atoms with Crippen molar-refractivity contribution in [2.24, 2.45) is 0 Å². The molecular weight excluding hydrogens is 302 g/mol. The normalized spacial score (nSPS) is 10.1. The van der Waals surface area contributed by atoms with Crippen molar-refractivity contribution in [3.63, 3.8) is 0 Å². The number of hydrogen-bond donors (Lipinski definition) is 0. The Kier molecular flexibility index (Phi) is 3.52. The highest BCUT2D eigenvalue weighted by molar-refractivity contribution is 9.10. The van der Waals surface area contributed by atoms with Gasteiger partial charge in [-0.3, -0.25) is 10.1 Å². The molecule has 0 saturated heterocycles. The van der Waals surface area contributed by atoms with E-state index in [1.807, 2.05) is 0 Å². The second-order valence-electron chi connectivity index (χ2n) is 3.46. The van der Waals surface area contributed by atoms with Crippen LogP contribution in [0.25, 0.3) is 0 Å². The molecule has 0 saturated carbocycles. The summed E-state index contributed by atoms with van der Waals surface area (Å²) < 4.78 is 6.02. The molecule has 0 N–H and O–H groups in total. The largest absolute Gasteiger partial charge is 0.430 e. The molecule has 0 amide bonds. The Hall–Kier alpha value is -2.02. The zero-order chi connectivity index (χ0) is 13.1.